The molecule has 2 heterocycles. The van der Waals surface area contributed by atoms with Gasteiger partial charge in [0.2, 0.25) is 5.79 Å². The van der Waals surface area contributed by atoms with Crippen molar-refractivity contribution in [2.45, 2.75) is 69.5 Å². The van der Waals surface area contributed by atoms with Gasteiger partial charge in [-0.05, 0) is 51.5 Å². The van der Waals surface area contributed by atoms with Gasteiger partial charge in [-0.1, -0.05) is 6.92 Å². The summed E-state index contributed by atoms with van der Waals surface area (Å²) in [5.41, 5.74) is -0.0169. The monoisotopic (exact) mass is 266 g/mol. The van der Waals surface area contributed by atoms with Crippen LogP contribution in [0, 0.1) is 11.8 Å². The van der Waals surface area contributed by atoms with Gasteiger partial charge in [0.15, 0.2) is 0 Å². The topological polar surface area (TPSA) is 51.2 Å². The van der Waals surface area contributed by atoms with Crippen molar-refractivity contribution in [1.82, 2.24) is 0 Å². The van der Waals surface area contributed by atoms with Gasteiger partial charge in [0.25, 0.3) is 0 Å². The highest BCUT2D eigenvalue weighted by atomic mass is 17.2. The second-order valence-electron chi connectivity index (χ2n) is 7.47. The number of aliphatic hydroxyl groups is 1. The molecular formula is C15H22O4. The van der Waals surface area contributed by atoms with Crippen LogP contribution in [0.1, 0.15) is 47.0 Å². The number of rotatable bonds is 0. The van der Waals surface area contributed by atoms with Crippen LogP contribution in [0.15, 0.2) is 11.6 Å². The van der Waals surface area contributed by atoms with E-state index in [0.717, 1.165) is 12.0 Å². The fraction of sp³-hybridized carbons (Fsp3) is 0.867. The first-order valence-electron chi connectivity index (χ1n) is 7.26. The minimum atomic E-state index is -1.28. The molecule has 4 aliphatic rings. The maximum atomic E-state index is 10.8. The predicted octanol–water partition coefficient (Wildman–Crippen LogP) is 2.32. The van der Waals surface area contributed by atoms with Gasteiger partial charge in [0.05, 0.1) is 5.60 Å². The molecule has 4 nitrogen and oxygen atoms in total. The average molecular weight is 266 g/mol. The quantitative estimate of drug-likeness (QED) is 0.415. The lowest BCUT2D eigenvalue weighted by Gasteiger charge is -2.26. The lowest BCUT2D eigenvalue weighted by molar-refractivity contribution is -0.391. The summed E-state index contributed by atoms with van der Waals surface area (Å²) in [5.74, 6) is -0.464. The second-order valence-corrected chi connectivity index (χ2v) is 7.47. The Morgan fingerprint density at radius 2 is 2.00 bits per heavy atom. The largest absolute Gasteiger partial charge is 0.360 e. The standard InChI is InChI=1S/C15H22O4/c1-9-7-15(16)11(12(2,3)18-19-15)8-14-10(9)5-6-13(14,4)17-14/h8-10,16H,5-7H2,1-4H3/t9-,10-,13+,14-,15-/m1/s1. The number of fused-ring (bicyclic) bond motifs is 1. The molecule has 1 saturated carbocycles. The molecule has 0 aromatic heterocycles. The number of epoxide rings is 1. The van der Waals surface area contributed by atoms with Gasteiger partial charge >= 0.3 is 0 Å². The zero-order chi connectivity index (χ0) is 13.7. The van der Waals surface area contributed by atoms with Crippen LogP contribution in [0.4, 0.5) is 0 Å². The van der Waals surface area contributed by atoms with E-state index in [4.69, 9.17) is 14.5 Å². The molecule has 106 valence electrons. The summed E-state index contributed by atoms with van der Waals surface area (Å²) >= 11 is 0. The molecular weight excluding hydrogens is 244 g/mol. The van der Waals surface area contributed by atoms with E-state index >= 15 is 0 Å². The van der Waals surface area contributed by atoms with Crippen LogP contribution in [0.25, 0.3) is 0 Å². The van der Waals surface area contributed by atoms with Crippen LogP contribution in [-0.2, 0) is 14.5 Å². The molecule has 5 atom stereocenters. The molecule has 0 unspecified atom stereocenters. The lowest BCUT2D eigenvalue weighted by Crippen LogP contribution is -2.34. The van der Waals surface area contributed by atoms with E-state index in [1.54, 1.807) is 0 Å². The van der Waals surface area contributed by atoms with Gasteiger partial charge in [-0.15, -0.1) is 0 Å². The van der Waals surface area contributed by atoms with Gasteiger partial charge in [-0.3, -0.25) is 0 Å². The highest BCUT2D eigenvalue weighted by Crippen LogP contribution is 2.68. The Labute approximate surface area is 113 Å². The van der Waals surface area contributed by atoms with Crippen molar-refractivity contribution in [2.75, 3.05) is 0 Å². The Morgan fingerprint density at radius 1 is 1.26 bits per heavy atom. The van der Waals surface area contributed by atoms with Crippen LogP contribution in [0.5, 0.6) is 0 Å². The zero-order valence-corrected chi connectivity index (χ0v) is 12.0. The lowest BCUT2D eigenvalue weighted by atomic mass is 9.81. The fourth-order valence-corrected chi connectivity index (χ4v) is 4.66. The van der Waals surface area contributed by atoms with E-state index in [1.165, 1.54) is 6.42 Å². The highest BCUT2D eigenvalue weighted by molar-refractivity contribution is 5.40. The van der Waals surface area contributed by atoms with E-state index in [9.17, 15) is 5.11 Å². The normalized spacial score (nSPS) is 57.8. The smallest absolute Gasteiger partial charge is 0.224 e. The maximum Gasteiger partial charge on any atom is 0.224 e. The third kappa shape index (κ3) is 1.29. The molecule has 19 heavy (non-hydrogen) atoms. The SMILES string of the molecule is C[C@@H]1C[C@@]2(O)OOC(C)(C)C2=C[C@]23O[C@@]2(C)CC[C@H]13. The summed E-state index contributed by atoms with van der Waals surface area (Å²) in [6, 6.07) is 0. The molecule has 0 bridgehead atoms. The van der Waals surface area contributed by atoms with Crippen molar-refractivity contribution in [2.24, 2.45) is 11.8 Å². The molecule has 4 rings (SSSR count). The highest BCUT2D eigenvalue weighted by Gasteiger charge is 2.75. The Morgan fingerprint density at radius 3 is 2.68 bits per heavy atom. The van der Waals surface area contributed by atoms with Gasteiger partial charge in [-0.25, -0.2) is 4.89 Å². The van der Waals surface area contributed by atoms with E-state index in [2.05, 4.69) is 19.9 Å². The first-order chi connectivity index (χ1) is 8.73. The Bertz CT molecular complexity index is 485. The first kappa shape index (κ1) is 12.3. The third-order valence-corrected chi connectivity index (χ3v) is 5.76. The first-order valence-corrected chi connectivity index (χ1v) is 7.26. The minimum absolute atomic E-state index is 0.0527. The predicted molar refractivity (Wildman–Crippen MR) is 68.0 cm³/mol. The summed E-state index contributed by atoms with van der Waals surface area (Å²) < 4.78 is 6.13. The van der Waals surface area contributed by atoms with Crippen molar-refractivity contribution in [3.8, 4) is 0 Å². The van der Waals surface area contributed by atoms with Crippen molar-refractivity contribution in [3.05, 3.63) is 11.6 Å². The Hall–Kier alpha value is -0.420. The fourth-order valence-electron chi connectivity index (χ4n) is 4.66. The molecule has 0 amide bonds. The van der Waals surface area contributed by atoms with Crippen LogP contribution in [-0.4, -0.2) is 27.7 Å². The van der Waals surface area contributed by atoms with Crippen LogP contribution in [0.3, 0.4) is 0 Å². The van der Waals surface area contributed by atoms with Crippen molar-refractivity contribution >= 4 is 0 Å². The van der Waals surface area contributed by atoms with E-state index in [1.807, 2.05) is 13.8 Å². The average Bonchev–Trinajstić information content (AvgIpc) is 2.73. The van der Waals surface area contributed by atoms with Crippen molar-refractivity contribution in [1.29, 1.82) is 0 Å². The number of ether oxygens (including phenoxy) is 1. The van der Waals surface area contributed by atoms with Crippen molar-refractivity contribution < 1.29 is 19.6 Å². The molecule has 1 spiro atoms. The minimum Gasteiger partial charge on any atom is -0.360 e. The molecule has 4 heteroatoms. The van der Waals surface area contributed by atoms with Gasteiger partial charge < -0.3 is 9.84 Å². The molecule has 0 aromatic rings. The summed E-state index contributed by atoms with van der Waals surface area (Å²) in [7, 11) is 0. The van der Waals surface area contributed by atoms with E-state index in [-0.39, 0.29) is 11.2 Å². The molecule has 1 N–H and O–H groups in total. The Kier molecular flexibility index (Phi) is 2.00. The van der Waals surface area contributed by atoms with Crippen LogP contribution < -0.4 is 0 Å². The molecule has 0 aromatic carbocycles. The second kappa shape index (κ2) is 3.08. The number of hydrogen-bond acceptors (Lipinski definition) is 4. The molecule has 0 radical (unpaired) electrons. The van der Waals surface area contributed by atoms with Gasteiger partial charge in [-0.2, -0.15) is 4.89 Å². The summed E-state index contributed by atoms with van der Waals surface area (Å²) in [6.45, 7) is 8.24. The summed E-state index contributed by atoms with van der Waals surface area (Å²) in [6.07, 6.45) is 4.97. The maximum absolute atomic E-state index is 10.8. The summed E-state index contributed by atoms with van der Waals surface area (Å²) in [5, 5.41) is 10.8. The molecule has 3 fully saturated rings. The van der Waals surface area contributed by atoms with E-state index in [0.29, 0.717) is 18.3 Å². The van der Waals surface area contributed by atoms with Gasteiger partial charge in [0, 0.05) is 12.0 Å². The van der Waals surface area contributed by atoms with E-state index < -0.39 is 11.4 Å². The van der Waals surface area contributed by atoms with Crippen molar-refractivity contribution in [3.63, 3.8) is 0 Å². The Balaban J connectivity index is 1.88. The zero-order valence-electron chi connectivity index (χ0n) is 12.0. The third-order valence-electron chi connectivity index (χ3n) is 5.76. The molecule has 2 saturated heterocycles. The number of hydrogen-bond donors (Lipinski definition) is 1. The van der Waals surface area contributed by atoms with Crippen LogP contribution in [0.2, 0.25) is 0 Å². The molecule has 2 aliphatic carbocycles. The molecule has 2 aliphatic heterocycles. The summed E-state index contributed by atoms with van der Waals surface area (Å²) in [4.78, 5) is 10.7. The van der Waals surface area contributed by atoms with Crippen LogP contribution >= 0.6 is 0 Å². The van der Waals surface area contributed by atoms with Gasteiger partial charge in [0.1, 0.15) is 11.2 Å².